The summed E-state index contributed by atoms with van der Waals surface area (Å²) in [5.74, 6) is 0.682. The van der Waals surface area contributed by atoms with Gasteiger partial charge in [0.25, 0.3) is 0 Å². The van der Waals surface area contributed by atoms with Crippen LogP contribution in [-0.4, -0.2) is 11.6 Å². The molecule has 0 amide bonds. The van der Waals surface area contributed by atoms with E-state index in [0.717, 1.165) is 10.9 Å². The lowest BCUT2D eigenvalue weighted by molar-refractivity contribution is 0.328. The molecule has 2 rings (SSSR count). The van der Waals surface area contributed by atoms with Crippen LogP contribution in [0.1, 0.15) is 6.92 Å². The number of pyridine rings is 1. The van der Waals surface area contributed by atoms with Gasteiger partial charge in [-0.2, -0.15) is 0 Å². The highest BCUT2D eigenvalue weighted by Gasteiger charge is 1.96. The Hall–Kier alpha value is -1.57. The maximum Gasteiger partial charge on any atom is 0.213 e. The van der Waals surface area contributed by atoms with Crippen molar-refractivity contribution in [1.82, 2.24) is 4.98 Å². The Labute approximate surface area is 77.2 Å². The normalized spacial score (nSPS) is 10.2. The van der Waals surface area contributed by atoms with E-state index in [1.165, 1.54) is 0 Å². The first-order chi connectivity index (χ1) is 6.40. The largest absolute Gasteiger partial charge is 0.478 e. The van der Waals surface area contributed by atoms with Gasteiger partial charge in [-0.1, -0.05) is 6.07 Å². The van der Waals surface area contributed by atoms with E-state index in [2.05, 4.69) is 11.1 Å². The quantitative estimate of drug-likeness (QED) is 0.694. The van der Waals surface area contributed by atoms with Gasteiger partial charge in [-0.25, -0.2) is 4.98 Å². The molecule has 2 heteroatoms. The van der Waals surface area contributed by atoms with Gasteiger partial charge in [-0.05, 0) is 31.2 Å². The number of rotatable bonds is 2. The average Bonchev–Trinajstić information content (AvgIpc) is 2.18. The molecular formula is C11H10NO. The molecule has 0 fully saturated rings. The van der Waals surface area contributed by atoms with Gasteiger partial charge in [-0.15, -0.1) is 0 Å². The number of aromatic nitrogens is 1. The number of hydrogen-bond acceptors (Lipinski definition) is 2. The molecule has 0 bridgehead atoms. The van der Waals surface area contributed by atoms with Gasteiger partial charge < -0.3 is 4.74 Å². The molecule has 2 aromatic rings. The van der Waals surface area contributed by atoms with E-state index in [0.29, 0.717) is 12.5 Å². The predicted molar refractivity (Wildman–Crippen MR) is 51.7 cm³/mol. The van der Waals surface area contributed by atoms with Crippen molar-refractivity contribution in [3.8, 4) is 5.88 Å². The van der Waals surface area contributed by atoms with Gasteiger partial charge in [0.1, 0.15) is 0 Å². The van der Waals surface area contributed by atoms with Crippen LogP contribution in [0.2, 0.25) is 0 Å². The summed E-state index contributed by atoms with van der Waals surface area (Å²) in [6, 6.07) is 12.6. The summed E-state index contributed by atoms with van der Waals surface area (Å²) < 4.78 is 5.29. The molecule has 1 aromatic heterocycles. The van der Waals surface area contributed by atoms with E-state index >= 15 is 0 Å². The van der Waals surface area contributed by atoms with E-state index in [4.69, 9.17) is 4.74 Å². The van der Waals surface area contributed by atoms with Crippen LogP contribution in [0.25, 0.3) is 10.9 Å². The lowest BCUT2D eigenvalue weighted by Crippen LogP contribution is -1.93. The molecule has 1 radical (unpaired) electrons. The molecule has 1 heterocycles. The monoisotopic (exact) mass is 172 g/mol. The Bertz CT molecular complexity index is 412. The topological polar surface area (TPSA) is 22.1 Å². The number of benzene rings is 1. The Morgan fingerprint density at radius 3 is 3.15 bits per heavy atom. The van der Waals surface area contributed by atoms with E-state index < -0.39 is 0 Å². The molecule has 2 nitrogen and oxygen atoms in total. The highest BCUT2D eigenvalue weighted by Crippen LogP contribution is 2.15. The van der Waals surface area contributed by atoms with Crippen molar-refractivity contribution in [3.63, 3.8) is 0 Å². The summed E-state index contributed by atoms with van der Waals surface area (Å²) in [6.45, 7) is 2.60. The van der Waals surface area contributed by atoms with Crippen LogP contribution in [0.3, 0.4) is 0 Å². The van der Waals surface area contributed by atoms with E-state index in [1.54, 1.807) is 0 Å². The van der Waals surface area contributed by atoms with Crippen molar-refractivity contribution >= 4 is 10.9 Å². The summed E-state index contributed by atoms with van der Waals surface area (Å²) >= 11 is 0. The van der Waals surface area contributed by atoms with Crippen LogP contribution < -0.4 is 4.74 Å². The number of nitrogens with zero attached hydrogens (tertiary/aromatic N) is 1. The zero-order valence-electron chi connectivity index (χ0n) is 7.45. The van der Waals surface area contributed by atoms with Crippen molar-refractivity contribution in [2.24, 2.45) is 0 Å². The number of hydrogen-bond donors (Lipinski definition) is 0. The Morgan fingerprint density at radius 1 is 1.38 bits per heavy atom. The minimum absolute atomic E-state index is 0.650. The first-order valence-electron chi connectivity index (χ1n) is 4.30. The first kappa shape index (κ1) is 8.05. The fourth-order valence-corrected chi connectivity index (χ4v) is 1.22. The fraction of sp³-hybridized carbons (Fsp3) is 0.182. The Morgan fingerprint density at radius 2 is 2.31 bits per heavy atom. The molecule has 0 saturated heterocycles. The van der Waals surface area contributed by atoms with Crippen LogP contribution >= 0.6 is 0 Å². The van der Waals surface area contributed by atoms with Gasteiger partial charge in [0, 0.05) is 11.5 Å². The van der Waals surface area contributed by atoms with Crippen LogP contribution in [0.5, 0.6) is 5.88 Å². The van der Waals surface area contributed by atoms with Crippen molar-refractivity contribution < 1.29 is 4.74 Å². The van der Waals surface area contributed by atoms with Crippen molar-refractivity contribution in [3.05, 3.63) is 36.4 Å². The van der Waals surface area contributed by atoms with Crippen LogP contribution in [0.15, 0.2) is 30.3 Å². The first-order valence-corrected chi connectivity index (χ1v) is 4.30. The minimum Gasteiger partial charge on any atom is -0.478 e. The molecule has 0 saturated carbocycles. The molecule has 0 aliphatic rings. The maximum absolute atomic E-state index is 5.29. The van der Waals surface area contributed by atoms with Gasteiger partial charge in [0.2, 0.25) is 5.88 Å². The highest BCUT2D eigenvalue weighted by atomic mass is 16.5. The van der Waals surface area contributed by atoms with Crippen molar-refractivity contribution in [2.45, 2.75) is 6.92 Å². The van der Waals surface area contributed by atoms with Gasteiger partial charge in [0.05, 0.1) is 12.1 Å². The van der Waals surface area contributed by atoms with E-state index in [-0.39, 0.29) is 0 Å². The standard InChI is InChI=1S/C11H10NO/c1-2-13-11-8-7-9-5-3-4-6-10(9)12-11/h4-8H,2H2,1H3. The van der Waals surface area contributed by atoms with Crippen LogP contribution in [0, 0.1) is 6.07 Å². The zero-order valence-corrected chi connectivity index (χ0v) is 7.45. The van der Waals surface area contributed by atoms with E-state index in [9.17, 15) is 0 Å². The lowest BCUT2D eigenvalue weighted by Gasteiger charge is -2.02. The summed E-state index contributed by atoms with van der Waals surface area (Å²) in [7, 11) is 0. The number of ether oxygens (including phenoxy) is 1. The third-order valence-electron chi connectivity index (χ3n) is 1.80. The lowest BCUT2D eigenvalue weighted by atomic mass is 10.2. The molecule has 0 atom stereocenters. The Balaban J connectivity index is 2.49. The van der Waals surface area contributed by atoms with Gasteiger partial charge in [0.15, 0.2) is 0 Å². The molecule has 13 heavy (non-hydrogen) atoms. The second-order valence-electron chi connectivity index (χ2n) is 2.70. The summed E-state index contributed by atoms with van der Waals surface area (Å²) in [6.07, 6.45) is 0. The highest BCUT2D eigenvalue weighted by molar-refractivity contribution is 5.78. The van der Waals surface area contributed by atoms with Gasteiger partial charge >= 0.3 is 0 Å². The molecular weight excluding hydrogens is 162 g/mol. The third kappa shape index (κ3) is 1.61. The SMILES string of the molecule is CCOc1ccc2c[c]ccc2n1. The molecule has 0 aliphatic heterocycles. The van der Waals surface area contributed by atoms with Crippen LogP contribution in [-0.2, 0) is 0 Å². The zero-order chi connectivity index (χ0) is 9.10. The number of fused-ring (bicyclic) bond motifs is 1. The fourth-order valence-electron chi connectivity index (χ4n) is 1.22. The van der Waals surface area contributed by atoms with Gasteiger partial charge in [-0.3, -0.25) is 0 Å². The van der Waals surface area contributed by atoms with Crippen LogP contribution in [0.4, 0.5) is 0 Å². The summed E-state index contributed by atoms with van der Waals surface area (Å²) in [4.78, 5) is 4.32. The summed E-state index contributed by atoms with van der Waals surface area (Å²) in [5.41, 5.74) is 0.949. The molecule has 1 aromatic carbocycles. The second-order valence-corrected chi connectivity index (χ2v) is 2.70. The smallest absolute Gasteiger partial charge is 0.213 e. The molecule has 65 valence electrons. The average molecular weight is 172 g/mol. The third-order valence-corrected chi connectivity index (χ3v) is 1.80. The van der Waals surface area contributed by atoms with E-state index in [1.807, 2.05) is 37.3 Å². The predicted octanol–water partition coefficient (Wildman–Crippen LogP) is 2.43. The second kappa shape index (κ2) is 3.44. The summed E-state index contributed by atoms with van der Waals surface area (Å²) in [5, 5.41) is 1.09. The van der Waals surface area contributed by atoms with Crippen molar-refractivity contribution in [1.29, 1.82) is 0 Å². The molecule has 0 aliphatic carbocycles. The minimum atomic E-state index is 0.650. The molecule has 0 unspecified atom stereocenters. The molecule has 0 N–H and O–H groups in total. The van der Waals surface area contributed by atoms with Crippen molar-refractivity contribution in [2.75, 3.05) is 6.61 Å². The molecule has 0 spiro atoms. The Kier molecular flexibility index (Phi) is 2.13. The maximum atomic E-state index is 5.29.